The van der Waals surface area contributed by atoms with Crippen LogP contribution in [0.5, 0.6) is 0 Å². The van der Waals surface area contributed by atoms with Crippen molar-refractivity contribution in [1.82, 2.24) is 9.80 Å². The first kappa shape index (κ1) is 16.5. The zero-order chi connectivity index (χ0) is 16.2. The summed E-state index contributed by atoms with van der Waals surface area (Å²) in [6.07, 6.45) is 3.11. The molecular formula is C18H24N2O2S. The van der Waals surface area contributed by atoms with Gasteiger partial charge in [-0.05, 0) is 37.1 Å². The first-order valence-corrected chi connectivity index (χ1v) is 9.23. The molecule has 0 spiro atoms. The molecule has 2 aliphatic heterocycles. The van der Waals surface area contributed by atoms with Gasteiger partial charge in [0.1, 0.15) is 0 Å². The second-order valence-corrected chi connectivity index (χ2v) is 7.99. The molecule has 2 heterocycles. The fraction of sp³-hybridized carbons (Fsp3) is 0.556. The average molecular weight is 332 g/mol. The third kappa shape index (κ3) is 4.58. The van der Waals surface area contributed by atoms with Crippen molar-refractivity contribution in [3.63, 3.8) is 0 Å². The van der Waals surface area contributed by atoms with Gasteiger partial charge in [-0.15, -0.1) is 0 Å². The number of benzene rings is 1. The maximum Gasteiger partial charge on any atom is 0.224 e. The van der Waals surface area contributed by atoms with Crippen LogP contribution in [-0.4, -0.2) is 45.7 Å². The Balaban J connectivity index is 1.53. The van der Waals surface area contributed by atoms with E-state index in [9.17, 15) is 9.59 Å². The lowest BCUT2D eigenvalue weighted by Crippen LogP contribution is -2.25. The smallest absolute Gasteiger partial charge is 0.224 e. The summed E-state index contributed by atoms with van der Waals surface area (Å²) in [6, 6.07) is 8.61. The standard InChI is InChI=1S/C18H24N2O2S/c1-14(21)23-17-10-18(22)20(13-17)12-16-6-4-15(5-7-16)11-19-8-2-3-9-19/h4-7,17H,2-3,8-13H2,1H3. The molecule has 1 atom stereocenters. The highest BCUT2D eigenvalue weighted by Gasteiger charge is 2.30. The number of nitrogens with zero attached hydrogens (tertiary/aromatic N) is 2. The summed E-state index contributed by atoms with van der Waals surface area (Å²) < 4.78 is 0. The van der Waals surface area contributed by atoms with Crippen molar-refractivity contribution >= 4 is 22.8 Å². The Morgan fingerprint density at radius 3 is 2.35 bits per heavy atom. The van der Waals surface area contributed by atoms with E-state index in [0.717, 1.165) is 12.1 Å². The molecule has 5 heteroatoms. The van der Waals surface area contributed by atoms with E-state index in [1.54, 1.807) is 6.92 Å². The predicted octanol–water partition coefficient (Wildman–Crippen LogP) is 2.66. The molecule has 2 aliphatic rings. The Bertz CT molecular complexity index is 567. The van der Waals surface area contributed by atoms with Gasteiger partial charge < -0.3 is 4.90 Å². The quantitative estimate of drug-likeness (QED) is 0.831. The fourth-order valence-corrected chi connectivity index (χ4v) is 4.32. The number of hydrogen-bond donors (Lipinski definition) is 0. The molecule has 0 aromatic heterocycles. The van der Waals surface area contributed by atoms with Crippen molar-refractivity contribution in [3.8, 4) is 0 Å². The summed E-state index contributed by atoms with van der Waals surface area (Å²) in [5.41, 5.74) is 2.51. The monoisotopic (exact) mass is 332 g/mol. The maximum atomic E-state index is 12.1. The summed E-state index contributed by atoms with van der Waals surface area (Å²) in [5, 5.41) is 0.213. The van der Waals surface area contributed by atoms with E-state index in [2.05, 4.69) is 29.2 Å². The molecule has 1 aromatic carbocycles. The largest absolute Gasteiger partial charge is 0.337 e. The fourth-order valence-electron chi connectivity index (χ4n) is 3.37. The van der Waals surface area contributed by atoms with E-state index >= 15 is 0 Å². The molecular weight excluding hydrogens is 308 g/mol. The summed E-state index contributed by atoms with van der Waals surface area (Å²) in [7, 11) is 0. The maximum absolute atomic E-state index is 12.1. The number of carbonyl (C=O) groups is 2. The topological polar surface area (TPSA) is 40.6 Å². The van der Waals surface area contributed by atoms with Gasteiger partial charge in [0.15, 0.2) is 5.12 Å². The van der Waals surface area contributed by atoms with Crippen molar-refractivity contribution in [2.75, 3.05) is 19.6 Å². The minimum Gasteiger partial charge on any atom is -0.337 e. The lowest BCUT2D eigenvalue weighted by Gasteiger charge is -2.18. The SMILES string of the molecule is CC(=O)SC1CC(=O)N(Cc2ccc(CN3CCCC3)cc2)C1. The van der Waals surface area contributed by atoms with Gasteiger partial charge in [0.25, 0.3) is 0 Å². The van der Waals surface area contributed by atoms with E-state index < -0.39 is 0 Å². The van der Waals surface area contributed by atoms with Crippen LogP contribution in [0.2, 0.25) is 0 Å². The Labute approximate surface area is 142 Å². The summed E-state index contributed by atoms with van der Waals surface area (Å²) in [6.45, 7) is 6.34. The van der Waals surface area contributed by atoms with Gasteiger partial charge in [-0.3, -0.25) is 14.5 Å². The van der Waals surface area contributed by atoms with Crippen molar-refractivity contribution in [3.05, 3.63) is 35.4 Å². The lowest BCUT2D eigenvalue weighted by atomic mass is 10.1. The molecule has 0 bridgehead atoms. The molecule has 2 fully saturated rings. The van der Waals surface area contributed by atoms with Crippen molar-refractivity contribution in [2.45, 2.75) is 44.5 Å². The number of hydrogen-bond acceptors (Lipinski definition) is 4. The molecule has 0 radical (unpaired) electrons. The van der Waals surface area contributed by atoms with Crippen LogP contribution >= 0.6 is 11.8 Å². The van der Waals surface area contributed by atoms with Gasteiger partial charge in [-0.1, -0.05) is 36.0 Å². The Morgan fingerprint density at radius 2 is 1.74 bits per heavy atom. The Kier molecular flexibility index (Phi) is 5.38. The van der Waals surface area contributed by atoms with E-state index in [4.69, 9.17) is 0 Å². The molecule has 124 valence electrons. The number of thioether (sulfide) groups is 1. The van der Waals surface area contributed by atoms with Crippen LogP contribution in [-0.2, 0) is 22.7 Å². The molecule has 3 rings (SSSR count). The van der Waals surface area contributed by atoms with Crippen molar-refractivity contribution in [2.24, 2.45) is 0 Å². The van der Waals surface area contributed by atoms with E-state index in [-0.39, 0.29) is 16.3 Å². The lowest BCUT2D eigenvalue weighted by molar-refractivity contribution is -0.128. The van der Waals surface area contributed by atoms with Crippen LogP contribution in [0.1, 0.15) is 37.3 Å². The number of rotatable bonds is 5. The molecule has 0 aliphatic carbocycles. The second kappa shape index (κ2) is 7.49. The summed E-state index contributed by atoms with van der Waals surface area (Å²) >= 11 is 1.29. The number of carbonyl (C=O) groups excluding carboxylic acids is 2. The minimum atomic E-state index is 0.0934. The second-order valence-electron chi connectivity index (χ2n) is 6.51. The summed E-state index contributed by atoms with van der Waals surface area (Å²) in [4.78, 5) is 27.6. The highest BCUT2D eigenvalue weighted by molar-refractivity contribution is 8.14. The van der Waals surface area contributed by atoms with Gasteiger partial charge in [-0.25, -0.2) is 0 Å². The Hall–Kier alpha value is -1.33. The normalized spacial score (nSPS) is 22.0. The van der Waals surface area contributed by atoms with Gasteiger partial charge >= 0.3 is 0 Å². The van der Waals surface area contributed by atoms with Crippen LogP contribution in [0.3, 0.4) is 0 Å². The Morgan fingerprint density at radius 1 is 1.13 bits per heavy atom. The van der Waals surface area contributed by atoms with Gasteiger partial charge in [0, 0.05) is 38.2 Å². The van der Waals surface area contributed by atoms with E-state index in [1.807, 2.05) is 4.90 Å². The van der Waals surface area contributed by atoms with Crippen LogP contribution in [0.25, 0.3) is 0 Å². The molecule has 23 heavy (non-hydrogen) atoms. The van der Waals surface area contributed by atoms with Gasteiger partial charge in [0.2, 0.25) is 5.91 Å². The zero-order valence-electron chi connectivity index (χ0n) is 13.7. The summed E-state index contributed by atoms with van der Waals surface area (Å²) in [5.74, 6) is 0.157. The molecule has 0 N–H and O–H groups in total. The first-order valence-electron chi connectivity index (χ1n) is 8.35. The van der Waals surface area contributed by atoms with Gasteiger partial charge in [-0.2, -0.15) is 0 Å². The zero-order valence-corrected chi connectivity index (χ0v) is 14.5. The van der Waals surface area contributed by atoms with E-state index in [1.165, 1.54) is 43.3 Å². The average Bonchev–Trinajstić information content (AvgIpc) is 3.11. The third-order valence-electron chi connectivity index (χ3n) is 4.51. The van der Waals surface area contributed by atoms with E-state index in [0.29, 0.717) is 19.5 Å². The van der Waals surface area contributed by atoms with Crippen LogP contribution in [0.4, 0.5) is 0 Å². The predicted molar refractivity (Wildman–Crippen MR) is 93.0 cm³/mol. The third-order valence-corrected chi connectivity index (χ3v) is 5.49. The molecule has 2 saturated heterocycles. The number of likely N-dealkylation sites (tertiary alicyclic amines) is 2. The number of amides is 1. The first-order chi connectivity index (χ1) is 11.1. The molecule has 1 aromatic rings. The molecule has 4 nitrogen and oxygen atoms in total. The minimum absolute atomic E-state index is 0.0934. The van der Waals surface area contributed by atoms with Crippen LogP contribution in [0.15, 0.2) is 24.3 Å². The van der Waals surface area contributed by atoms with Crippen molar-refractivity contribution in [1.29, 1.82) is 0 Å². The molecule has 1 amide bonds. The van der Waals surface area contributed by atoms with Gasteiger partial charge in [0.05, 0.1) is 0 Å². The van der Waals surface area contributed by atoms with Crippen LogP contribution in [0, 0.1) is 0 Å². The van der Waals surface area contributed by atoms with Crippen molar-refractivity contribution < 1.29 is 9.59 Å². The van der Waals surface area contributed by atoms with Crippen LogP contribution < -0.4 is 0 Å². The molecule has 0 saturated carbocycles. The molecule has 1 unspecified atom stereocenters. The highest BCUT2D eigenvalue weighted by atomic mass is 32.2. The highest BCUT2D eigenvalue weighted by Crippen LogP contribution is 2.25.